The van der Waals surface area contributed by atoms with Crippen molar-refractivity contribution in [2.24, 2.45) is 0 Å². The van der Waals surface area contributed by atoms with E-state index >= 15 is 0 Å². The lowest BCUT2D eigenvalue weighted by Gasteiger charge is -2.15. The standard InChI is InChI=1S/C17H16ClNO/c1-2-19-16-9-4-3-8-14(16)15(17(19)20)11-12-6-5-7-13(18)10-12/h3-10,15H,2,11H2,1H3/t15-/m0/s1. The molecule has 3 heteroatoms. The number of para-hydroxylation sites is 1. The van der Waals surface area contributed by atoms with Gasteiger partial charge < -0.3 is 4.90 Å². The van der Waals surface area contributed by atoms with Crippen molar-refractivity contribution in [3.8, 4) is 0 Å². The predicted molar refractivity (Wildman–Crippen MR) is 82.4 cm³/mol. The van der Waals surface area contributed by atoms with Gasteiger partial charge in [-0.15, -0.1) is 0 Å². The van der Waals surface area contributed by atoms with Gasteiger partial charge in [0.05, 0.1) is 5.92 Å². The molecule has 1 atom stereocenters. The smallest absolute Gasteiger partial charge is 0.234 e. The molecule has 0 fully saturated rings. The lowest BCUT2D eigenvalue weighted by molar-refractivity contribution is -0.119. The number of hydrogen-bond donors (Lipinski definition) is 0. The summed E-state index contributed by atoms with van der Waals surface area (Å²) in [5, 5.41) is 0.716. The second kappa shape index (κ2) is 5.29. The van der Waals surface area contributed by atoms with Crippen LogP contribution < -0.4 is 4.90 Å². The number of amides is 1. The lowest BCUT2D eigenvalue weighted by Crippen LogP contribution is -2.29. The highest BCUT2D eigenvalue weighted by atomic mass is 35.5. The van der Waals surface area contributed by atoms with E-state index in [1.165, 1.54) is 0 Å². The van der Waals surface area contributed by atoms with Gasteiger partial charge in [0.25, 0.3) is 0 Å². The quantitative estimate of drug-likeness (QED) is 0.834. The van der Waals surface area contributed by atoms with Crippen LogP contribution in [0.15, 0.2) is 48.5 Å². The Balaban J connectivity index is 1.96. The first-order valence-corrected chi connectivity index (χ1v) is 7.23. The van der Waals surface area contributed by atoms with Gasteiger partial charge >= 0.3 is 0 Å². The Morgan fingerprint density at radius 2 is 1.95 bits per heavy atom. The number of anilines is 1. The first-order valence-electron chi connectivity index (χ1n) is 6.85. The largest absolute Gasteiger partial charge is 0.312 e. The molecule has 1 aliphatic heterocycles. The number of likely N-dealkylation sites (N-methyl/N-ethyl adjacent to an activating group) is 1. The summed E-state index contributed by atoms with van der Waals surface area (Å²) in [6, 6.07) is 15.8. The van der Waals surface area contributed by atoms with Crippen LogP contribution in [0, 0.1) is 0 Å². The van der Waals surface area contributed by atoms with E-state index in [2.05, 4.69) is 6.07 Å². The fraction of sp³-hybridized carbons (Fsp3) is 0.235. The van der Waals surface area contributed by atoms with Crippen molar-refractivity contribution >= 4 is 23.2 Å². The molecule has 0 aliphatic carbocycles. The van der Waals surface area contributed by atoms with E-state index in [1.54, 1.807) is 0 Å². The molecule has 0 saturated carbocycles. The summed E-state index contributed by atoms with van der Waals surface area (Å²) in [5.74, 6) is 0.0956. The summed E-state index contributed by atoms with van der Waals surface area (Å²) < 4.78 is 0. The Kier molecular flexibility index (Phi) is 3.49. The summed E-state index contributed by atoms with van der Waals surface area (Å²) in [6.07, 6.45) is 0.701. The Morgan fingerprint density at radius 3 is 2.70 bits per heavy atom. The van der Waals surface area contributed by atoms with Gasteiger partial charge in [0.15, 0.2) is 0 Å². The molecule has 0 bridgehead atoms. The predicted octanol–water partition coefficient (Wildman–Crippen LogP) is 4.03. The molecule has 2 aromatic rings. The summed E-state index contributed by atoms with van der Waals surface area (Å²) in [6.45, 7) is 2.72. The first kappa shape index (κ1) is 13.2. The van der Waals surface area contributed by atoms with Gasteiger partial charge in [0.2, 0.25) is 5.91 Å². The van der Waals surface area contributed by atoms with E-state index < -0.39 is 0 Å². The Labute approximate surface area is 124 Å². The molecule has 3 rings (SSSR count). The third kappa shape index (κ3) is 2.20. The van der Waals surface area contributed by atoms with Crippen LogP contribution in [0.25, 0.3) is 0 Å². The van der Waals surface area contributed by atoms with Crippen molar-refractivity contribution in [1.29, 1.82) is 0 Å². The fourth-order valence-corrected chi connectivity index (χ4v) is 3.10. The van der Waals surface area contributed by atoms with Crippen molar-refractivity contribution in [3.63, 3.8) is 0 Å². The zero-order chi connectivity index (χ0) is 14.1. The summed E-state index contributed by atoms with van der Waals surface area (Å²) >= 11 is 6.03. The van der Waals surface area contributed by atoms with Crippen molar-refractivity contribution < 1.29 is 4.79 Å². The Hall–Kier alpha value is -1.80. The zero-order valence-electron chi connectivity index (χ0n) is 11.3. The molecule has 0 unspecified atom stereocenters. The molecule has 1 amide bonds. The molecule has 0 radical (unpaired) electrons. The normalized spacial score (nSPS) is 17.4. The molecule has 20 heavy (non-hydrogen) atoms. The average molecular weight is 286 g/mol. The number of fused-ring (bicyclic) bond motifs is 1. The number of rotatable bonds is 3. The van der Waals surface area contributed by atoms with Gasteiger partial charge in [-0.05, 0) is 42.7 Å². The van der Waals surface area contributed by atoms with Gasteiger partial charge in [-0.2, -0.15) is 0 Å². The van der Waals surface area contributed by atoms with Crippen molar-refractivity contribution in [2.45, 2.75) is 19.3 Å². The molecule has 2 aromatic carbocycles. The average Bonchev–Trinajstić information content (AvgIpc) is 2.72. The fourth-order valence-electron chi connectivity index (χ4n) is 2.89. The number of hydrogen-bond acceptors (Lipinski definition) is 1. The number of halogens is 1. The molecule has 1 aliphatic rings. The van der Waals surface area contributed by atoms with Gasteiger partial charge in [-0.3, -0.25) is 4.79 Å². The van der Waals surface area contributed by atoms with Gasteiger partial charge in [-0.1, -0.05) is 41.9 Å². The van der Waals surface area contributed by atoms with Crippen LogP contribution in [0.5, 0.6) is 0 Å². The minimum Gasteiger partial charge on any atom is -0.312 e. The maximum Gasteiger partial charge on any atom is 0.234 e. The molecule has 2 nitrogen and oxygen atoms in total. The molecule has 1 heterocycles. The van der Waals surface area contributed by atoms with Crippen LogP contribution in [-0.4, -0.2) is 12.5 Å². The van der Waals surface area contributed by atoms with E-state index in [1.807, 2.05) is 54.3 Å². The highest BCUT2D eigenvalue weighted by Gasteiger charge is 2.35. The minimum absolute atomic E-state index is 0.0929. The third-order valence-corrected chi connectivity index (χ3v) is 4.05. The number of nitrogens with zero attached hydrogens (tertiary/aromatic N) is 1. The van der Waals surface area contributed by atoms with Crippen LogP contribution in [-0.2, 0) is 11.2 Å². The van der Waals surface area contributed by atoms with Gasteiger partial charge in [0.1, 0.15) is 0 Å². The first-order chi connectivity index (χ1) is 9.70. The van der Waals surface area contributed by atoms with E-state index in [-0.39, 0.29) is 11.8 Å². The topological polar surface area (TPSA) is 20.3 Å². The monoisotopic (exact) mass is 285 g/mol. The number of benzene rings is 2. The van der Waals surface area contributed by atoms with Crippen molar-refractivity contribution in [2.75, 3.05) is 11.4 Å². The Morgan fingerprint density at radius 1 is 1.15 bits per heavy atom. The highest BCUT2D eigenvalue weighted by molar-refractivity contribution is 6.30. The molecule has 0 aromatic heterocycles. The molecular formula is C17H16ClNO. The van der Waals surface area contributed by atoms with Crippen molar-refractivity contribution in [3.05, 3.63) is 64.7 Å². The SMILES string of the molecule is CCN1C(=O)[C@@H](Cc2cccc(Cl)c2)c2ccccc21. The lowest BCUT2D eigenvalue weighted by atomic mass is 9.93. The highest BCUT2D eigenvalue weighted by Crippen LogP contribution is 2.38. The summed E-state index contributed by atoms with van der Waals surface area (Å²) in [4.78, 5) is 14.4. The molecule has 0 spiro atoms. The van der Waals surface area contributed by atoms with Crippen LogP contribution in [0.4, 0.5) is 5.69 Å². The van der Waals surface area contributed by atoms with Crippen LogP contribution in [0.2, 0.25) is 5.02 Å². The maximum atomic E-state index is 12.6. The minimum atomic E-state index is -0.0929. The number of carbonyl (C=O) groups excluding carboxylic acids is 1. The van der Waals surface area contributed by atoms with Gasteiger partial charge in [-0.25, -0.2) is 0 Å². The molecule has 0 N–H and O–H groups in total. The van der Waals surface area contributed by atoms with Crippen LogP contribution >= 0.6 is 11.6 Å². The maximum absolute atomic E-state index is 12.6. The second-order valence-corrected chi connectivity index (χ2v) is 5.46. The third-order valence-electron chi connectivity index (χ3n) is 3.81. The number of carbonyl (C=O) groups is 1. The van der Waals surface area contributed by atoms with E-state index in [9.17, 15) is 4.79 Å². The van der Waals surface area contributed by atoms with Crippen molar-refractivity contribution in [1.82, 2.24) is 0 Å². The van der Waals surface area contributed by atoms with E-state index in [4.69, 9.17) is 11.6 Å². The molecule has 102 valence electrons. The van der Waals surface area contributed by atoms with Crippen LogP contribution in [0.1, 0.15) is 24.0 Å². The summed E-state index contributed by atoms with van der Waals surface area (Å²) in [7, 11) is 0. The summed E-state index contributed by atoms with van der Waals surface area (Å²) in [5.41, 5.74) is 3.27. The Bertz CT molecular complexity index is 653. The second-order valence-electron chi connectivity index (χ2n) is 5.03. The van der Waals surface area contributed by atoms with Gasteiger partial charge in [0, 0.05) is 17.3 Å². The molecule has 0 saturated heterocycles. The van der Waals surface area contributed by atoms with Crippen LogP contribution in [0.3, 0.4) is 0 Å². The van der Waals surface area contributed by atoms with E-state index in [0.717, 1.165) is 16.8 Å². The zero-order valence-corrected chi connectivity index (χ0v) is 12.1. The van der Waals surface area contributed by atoms with E-state index in [0.29, 0.717) is 18.0 Å². The molecular weight excluding hydrogens is 270 g/mol.